The Morgan fingerprint density at radius 2 is 1.96 bits per heavy atom. The summed E-state index contributed by atoms with van der Waals surface area (Å²) in [4.78, 5) is 19.0. The molecular weight excluding hydrogens is 356 g/mol. The third-order valence-corrected chi connectivity index (χ3v) is 5.70. The molecule has 0 N–H and O–H groups in total. The van der Waals surface area contributed by atoms with Crippen LogP contribution in [0.1, 0.15) is 19.2 Å². The zero-order valence-corrected chi connectivity index (χ0v) is 16.4. The number of aryl methyl sites for hydroxylation is 1. The Balaban J connectivity index is 1.92. The molecule has 0 aliphatic carbocycles. The number of aromatic nitrogens is 2. The van der Waals surface area contributed by atoms with Gasteiger partial charge in [0, 0.05) is 24.5 Å². The van der Waals surface area contributed by atoms with Gasteiger partial charge in [-0.2, -0.15) is 0 Å². The lowest BCUT2D eigenvalue weighted by molar-refractivity contribution is 0.185. The van der Waals surface area contributed by atoms with Crippen molar-refractivity contribution in [2.75, 3.05) is 13.7 Å². The van der Waals surface area contributed by atoms with E-state index in [1.807, 2.05) is 12.1 Å². The summed E-state index contributed by atoms with van der Waals surface area (Å²) in [5, 5.41) is 5.14. The molecule has 0 saturated heterocycles. The first-order chi connectivity index (χ1) is 13.2. The van der Waals surface area contributed by atoms with E-state index in [0.717, 1.165) is 34.6 Å². The fourth-order valence-corrected chi connectivity index (χ4v) is 4.42. The van der Waals surface area contributed by atoms with Crippen molar-refractivity contribution in [2.24, 2.45) is 0 Å². The highest BCUT2D eigenvalue weighted by Gasteiger charge is 2.17. The normalized spacial score (nSPS) is 11.5. The van der Waals surface area contributed by atoms with E-state index in [-0.39, 0.29) is 5.56 Å². The van der Waals surface area contributed by atoms with Crippen LogP contribution in [0.3, 0.4) is 0 Å². The Bertz CT molecular complexity index is 1160. The molecule has 138 valence electrons. The van der Waals surface area contributed by atoms with E-state index in [2.05, 4.69) is 42.6 Å². The third-order valence-electron chi connectivity index (χ3n) is 4.83. The highest BCUT2D eigenvalue weighted by molar-refractivity contribution is 7.17. The zero-order chi connectivity index (χ0) is 18.8. The maximum absolute atomic E-state index is 13.3. The Labute approximate surface area is 162 Å². The summed E-state index contributed by atoms with van der Waals surface area (Å²) >= 11 is 1.55. The quantitative estimate of drug-likeness (QED) is 0.480. The molecular formula is C22H22N2O2S. The average Bonchev–Trinajstić information content (AvgIpc) is 3.12. The second kappa shape index (κ2) is 7.62. The average molecular weight is 378 g/mol. The molecule has 0 saturated carbocycles. The van der Waals surface area contributed by atoms with Crippen molar-refractivity contribution >= 4 is 32.3 Å². The van der Waals surface area contributed by atoms with Crippen LogP contribution in [0.5, 0.6) is 0 Å². The number of hydrogen-bond acceptors (Lipinski definition) is 4. The van der Waals surface area contributed by atoms with Crippen LogP contribution in [0.4, 0.5) is 0 Å². The molecule has 0 aliphatic heterocycles. The fourth-order valence-electron chi connectivity index (χ4n) is 3.46. The first-order valence-electron chi connectivity index (χ1n) is 9.22. The van der Waals surface area contributed by atoms with Gasteiger partial charge in [0.25, 0.3) is 5.56 Å². The zero-order valence-electron chi connectivity index (χ0n) is 15.6. The maximum atomic E-state index is 13.3. The molecule has 2 aromatic heterocycles. The minimum absolute atomic E-state index is 0.0323. The van der Waals surface area contributed by atoms with Gasteiger partial charge in [0.15, 0.2) is 0 Å². The van der Waals surface area contributed by atoms with E-state index in [9.17, 15) is 4.79 Å². The lowest BCUT2D eigenvalue weighted by Crippen LogP contribution is -2.27. The molecule has 4 rings (SSSR count). The predicted octanol–water partition coefficient (Wildman–Crippen LogP) is 4.88. The van der Waals surface area contributed by atoms with Gasteiger partial charge in [-0.1, -0.05) is 43.3 Å². The van der Waals surface area contributed by atoms with E-state index < -0.39 is 0 Å². The lowest BCUT2D eigenvalue weighted by Gasteiger charge is -2.12. The summed E-state index contributed by atoms with van der Waals surface area (Å²) in [6.45, 7) is 3.13. The molecule has 0 atom stereocenters. The van der Waals surface area contributed by atoms with E-state index in [1.54, 1.807) is 23.0 Å². The molecule has 0 radical (unpaired) electrons. The highest BCUT2D eigenvalue weighted by atomic mass is 32.1. The summed E-state index contributed by atoms with van der Waals surface area (Å²) in [7, 11) is 1.65. The summed E-state index contributed by atoms with van der Waals surface area (Å²) < 4.78 is 6.99. The molecule has 27 heavy (non-hydrogen) atoms. The third kappa shape index (κ3) is 3.29. The minimum atomic E-state index is 0.0323. The number of nitrogens with zero attached hydrogens (tertiary/aromatic N) is 2. The van der Waals surface area contributed by atoms with Gasteiger partial charge in [-0.15, -0.1) is 11.3 Å². The summed E-state index contributed by atoms with van der Waals surface area (Å²) in [6.07, 6.45) is 1.74. The largest absolute Gasteiger partial charge is 0.383 e. The molecule has 0 fully saturated rings. The smallest absolute Gasteiger partial charge is 0.262 e. The molecule has 4 nitrogen and oxygen atoms in total. The number of ether oxygens (including phenoxy) is 1. The van der Waals surface area contributed by atoms with E-state index in [4.69, 9.17) is 9.72 Å². The molecule has 4 aromatic rings. The number of fused-ring (bicyclic) bond motifs is 2. The monoisotopic (exact) mass is 378 g/mol. The maximum Gasteiger partial charge on any atom is 0.262 e. The second-order valence-corrected chi connectivity index (χ2v) is 7.48. The number of methoxy groups -OCH3 is 1. The van der Waals surface area contributed by atoms with E-state index in [0.29, 0.717) is 18.5 Å². The number of rotatable bonds is 6. The van der Waals surface area contributed by atoms with Crippen LogP contribution in [-0.2, 0) is 17.7 Å². The predicted molar refractivity (Wildman–Crippen MR) is 113 cm³/mol. The van der Waals surface area contributed by atoms with Gasteiger partial charge in [0.05, 0.1) is 18.5 Å². The van der Waals surface area contributed by atoms with Crippen molar-refractivity contribution in [1.29, 1.82) is 0 Å². The van der Waals surface area contributed by atoms with Crippen molar-refractivity contribution in [3.63, 3.8) is 0 Å². The van der Waals surface area contributed by atoms with Gasteiger partial charge in [-0.25, -0.2) is 4.98 Å². The Morgan fingerprint density at radius 3 is 2.74 bits per heavy atom. The summed E-state index contributed by atoms with van der Waals surface area (Å²) in [5.41, 5.74) is 2.05. The van der Waals surface area contributed by atoms with Gasteiger partial charge in [-0.3, -0.25) is 9.36 Å². The van der Waals surface area contributed by atoms with Crippen LogP contribution in [0.25, 0.3) is 32.1 Å². The molecule has 5 heteroatoms. The molecule has 2 heterocycles. The Kier molecular flexibility index (Phi) is 5.05. The number of thiophene rings is 1. The van der Waals surface area contributed by atoms with Crippen LogP contribution >= 0.6 is 11.3 Å². The van der Waals surface area contributed by atoms with Crippen LogP contribution in [0, 0.1) is 0 Å². The first-order valence-corrected chi connectivity index (χ1v) is 10.1. The fraction of sp³-hybridized carbons (Fsp3) is 0.273. The Hall–Kier alpha value is -2.50. The minimum Gasteiger partial charge on any atom is -0.383 e. The van der Waals surface area contributed by atoms with E-state index in [1.165, 1.54) is 10.8 Å². The van der Waals surface area contributed by atoms with Gasteiger partial charge in [0.2, 0.25) is 0 Å². The SMILES string of the molecule is CCCc1nc2scc(-c3ccc4ccccc4c3)c2c(=O)n1CCOC. The van der Waals surface area contributed by atoms with Crippen molar-refractivity contribution in [1.82, 2.24) is 9.55 Å². The standard InChI is InChI=1S/C22H22N2O2S/c1-3-6-19-23-21-20(22(25)24(19)11-12-26-2)18(14-27-21)17-10-9-15-7-4-5-8-16(15)13-17/h4-5,7-10,13-14H,3,6,11-12H2,1-2H3. The first kappa shape index (κ1) is 17.9. The molecule has 0 spiro atoms. The molecule has 0 bridgehead atoms. The summed E-state index contributed by atoms with van der Waals surface area (Å²) in [5.74, 6) is 0.846. The van der Waals surface area contributed by atoms with E-state index >= 15 is 0 Å². The Morgan fingerprint density at radius 1 is 1.15 bits per heavy atom. The molecule has 0 unspecified atom stereocenters. The van der Waals surface area contributed by atoms with Crippen LogP contribution < -0.4 is 5.56 Å². The van der Waals surface area contributed by atoms with Crippen LogP contribution in [0.2, 0.25) is 0 Å². The number of hydrogen-bond donors (Lipinski definition) is 0. The highest BCUT2D eigenvalue weighted by Crippen LogP contribution is 2.33. The van der Waals surface area contributed by atoms with Gasteiger partial charge in [-0.05, 0) is 28.8 Å². The van der Waals surface area contributed by atoms with Crippen molar-refractivity contribution in [3.8, 4) is 11.1 Å². The topological polar surface area (TPSA) is 44.1 Å². The van der Waals surface area contributed by atoms with Crippen molar-refractivity contribution < 1.29 is 4.74 Å². The van der Waals surface area contributed by atoms with Gasteiger partial charge >= 0.3 is 0 Å². The molecule has 0 aliphatic rings. The van der Waals surface area contributed by atoms with Gasteiger partial charge < -0.3 is 4.74 Å². The lowest BCUT2D eigenvalue weighted by atomic mass is 10.0. The van der Waals surface area contributed by atoms with Crippen molar-refractivity contribution in [2.45, 2.75) is 26.3 Å². The van der Waals surface area contributed by atoms with Crippen molar-refractivity contribution in [3.05, 3.63) is 64.0 Å². The van der Waals surface area contributed by atoms with Crippen LogP contribution in [-0.4, -0.2) is 23.3 Å². The molecule has 0 amide bonds. The van der Waals surface area contributed by atoms with Gasteiger partial charge in [0.1, 0.15) is 10.7 Å². The summed E-state index contributed by atoms with van der Waals surface area (Å²) in [6, 6.07) is 14.6. The second-order valence-electron chi connectivity index (χ2n) is 6.62. The van der Waals surface area contributed by atoms with Crippen LogP contribution in [0.15, 0.2) is 52.6 Å². The molecule has 2 aromatic carbocycles. The number of benzene rings is 2.